The zero-order valence-electron chi connectivity index (χ0n) is 18.6. The molecule has 4 fully saturated rings. The fraction of sp³-hybridized carbons (Fsp3) is 0.444. The number of nitriles is 1. The van der Waals surface area contributed by atoms with Crippen molar-refractivity contribution in [1.82, 2.24) is 10.6 Å². The van der Waals surface area contributed by atoms with Gasteiger partial charge in [0, 0.05) is 23.2 Å². The standard InChI is InChI=1S/C27H29N3O3/c28-14-19-2-1-3-23(9-19)24(31)16-29-15-18-4-6-22(7-5-18)25(32)30-26-10-20-8-21(11-26)13-27(33,12-20)17-26/h1-7,9,20-21,29,33H,8,10-13,15-17H2,(H,30,32). The van der Waals surface area contributed by atoms with Gasteiger partial charge in [0.2, 0.25) is 0 Å². The van der Waals surface area contributed by atoms with E-state index >= 15 is 0 Å². The molecule has 1 amide bonds. The Hall–Kier alpha value is -3.01. The number of carbonyl (C=O) groups excluding carboxylic acids is 2. The van der Waals surface area contributed by atoms with Crippen molar-refractivity contribution in [3.05, 3.63) is 70.8 Å². The zero-order valence-corrected chi connectivity index (χ0v) is 18.6. The van der Waals surface area contributed by atoms with E-state index in [1.54, 1.807) is 24.3 Å². The molecule has 0 aliphatic heterocycles. The quantitative estimate of drug-likeness (QED) is 0.570. The molecule has 4 bridgehead atoms. The summed E-state index contributed by atoms with van der Waals surface area (Å²) in [6, 6.07) is 16.2. The van der Waals surface area contributed by atoms with Crippen molar-refractivity contribution >= 4 is 11.7 Å². The number of nitrogens with one attached hydrogen (secondary N) is 2. The molecule has 0 aromatic heterocycles. The van der Waals surface area contributed by atoms with Crippen molar-refractivity contribution < 1.29 is 14.7 Å². The summed E-state index contributed by atoms with van der Waals surface area (Å²) in [6.07, 6.45) is 5.58. The number of ketones is 1. The number of carbonyl (C=O) groups is 2. The van der Waals surface area contributed by atoms with Crippen LogP contribution in [0.1, 0.15) is 70.4 Å². The molecule has 0 radical (unpaired) electrons. The van der Waals surface area contributed by atoms with Crippen molar-refractivity contribution in [3.63, 3.8) is 0 Å². The summed E-state index contributed by atoms with van der Waals surface area (Å²) in [5.41, 5.74) is 1.72. The first kappa shape index (κ1) is 21.8. The Morgan fingerprint density at radius 1 is 1.03 bits per heavy atom. The second-order valence-electron chi connectivity index (χ2n) is 10.3. The van der Waals surface area contributed by atoms with Gasteiger partial charge in [-0.05, 0) is 80.2 Å². The van der Waals surface area contributed by atoms with Gasteiger partial charge in [-0.3, -0.25) is 9.59 Å². The lowest BCUT2D eigenvalue weighted by Gasteiger charge is -2.60. The average molecular weight is 444 g/mol. The number of aliphatic hydroxyl groups is 1. The lowest BCUT2D eigenvalue weighted by Crippen LogP contribution is -2.65. The van der Waals surface area contributed by atoms with Crippen LogP contribution in [0.2, 0.25) is 0 Å². The highest BCUT2D eigenvalue weighted by Crippen LogP contribution is 2.57. The van der Waals surface area contributed by atoms with Gasteiger partial charge in [-0.2, -0.15) is 5.26 Å². The highest BCUT2D eigenvalue weighted by molar-refractivity contribution is 5.98. The summed E-state index contributed by atoms with van der Waals surface area (Å²) in [5.74, 6) is 0.901. The van der Waals surface area contributed by atoms with Gasteiger partial charge in [0.1, 0.15) is 0 Å². The smallest absolute Gasteiger partial charge is 0.251 e. The maximum atomic E-state index is 13.0. The fourth-order valence-electron chi connectivity index (χ4n) is 6.63. The van der Waals surface area contributed by atoms with Gasteiger partial charge < -0.3 is 15.7 Å². The van der Waals surface area contributed by atoms with E-state index in [1.165, 1.54) is 6.42 Å². The van der Waals surface area contributed by atoms with Crippen LogP contribution in [0.4, 0.5) is 0 Å². The molecule has 170 valence electrons. The van der Waals surface area contributed by atoms with Crippen molar-refractivity contribution in [2.24, 2.45) is 11.8 Å². The predicted molar refractivity (Wildman–Crippen MR) is 123 cm³/mol. The molecule has 33 heavy (non-hydrogen) atoms. The Kier molecular flexibility index (Phi) is 5.55. The number of hydrogen-bond acceptors (Lipinski definition) is 5. The van der Waals surface area contributed by atoms with Gasteiger partial charge in [-0.1, -0.05) is 24.3 Å². The summed E-state index contributed by atoms with van der Waals surface area (Å²) < 4.78 is 0. The molecule has 4 saturated carbocycles. The first-order valence-electron chi connectivity index (χ1n) is 11.7. The van der Waals surface area contributed by atoms with Crippen LogP contribution in [0.25, 0.3) is 0 Å². The maximum Gasteiger partial charge on any atom is 0.251 e. The van der Waals surface area contributed by atoms with E-state index in [-0.39, 0.29) is 23.8 Å². The highest BCUT2D eigenvalue weighted by atomic mass is 16.3. The Morgan fingerprint density at radius 2 is 1.76 bits per heavy atom. The largest absolute Gasteiger partial charge is 0.390 e. The van der Waals surface area contributed by atoms with Crippen molar-refractivity contribution in [2.45, 2.75) is 56.2 Å². The molecular weight excluding hydrogens is 414 g/mol. The van der Waals surface area contributed by atoms with Crippen molar-refractivity contribution in [1.29, 1.82) is 5.26 Å². The van der Waals surface area contributed by atoms with E-state index < -0.39 is 5.60 Å². The topological polar surface area (TPSA) is 102 Å². The summed E-state index contributed by atoms with van der Waals surface area (Å²) in [4.78, 5) is 25.3. The number of nitrogens with zero attached hydrogens (tertiary/aromatic N) is 1. The minimum absolute atomic E-state index is 0.0691. The molecule has 2 unspecified atom stereocenters. The first-order valence-corrected chi connectivity index (χ1v) is 11.7. The molecule has 2 aromatic carbocycles. The number of Topliss-reactive ketones (excluding diaryl/α,β-unsaturated/α-hetero) is 1. The monoisotopic (exact) mass is 443 g/mol. The summed E-state index contributed by atoms with van der Waals surface area (Å²) in [5, 5.41) is 26.3. The SMILES string of the molecule is N#Cc1cccc(C(=O)CNCc2ccc(C(=O)NC34CC5CC(CC(O)(C5)C3)C4)cc2)c1. The minimum atomic E-state index is -0.597. The summed E-state index contributed by atoms with van der Waals surface area (Å²) >= 11 is 0. The zero-order chi connectivity index (χ0) is 23.1. The second kappa shape index (κ2) is 8.40. The maximum absolute atomic E-state index is 13.0. The second-order valence-corrected chi connectivity index (χ2v) is 10.3. The highest BCUT2D eigenvalue weighted by Gasteiger charge is 2.57. The van der Waals surface area contributed by atoms with Crippen LogP contribution in [0, 0.1) is 23.2 Å². The van der Waals surface area contributed by atoms with E-state index in [0.717, 1.165) is 31.2 Å². The van der Waals surface area contributed by atoms with Crippen LogP contribution in [0.3, 0.4) is 0 Å². The fourth-order valence-corrected chi connectivity index (χ4v) is 6.63. The lowest BCUT2D eigenvalue weighted by molar-refractivity contribution is -0.139. The van der Waals surface area contributed by atoms with Crippen molar-refractivity contribution in [3.8, 4) is 6.07 Å². The molecule has 2 atom stereocenters. The van der Waals surface area contributed by atoms with Gasteiger partial charge >= 0.3 is 0 Å². The number of benzene rings is 2. The molecule has 6 heteroatoms. The molecule has 0 heterocycles. The molecule has 2 aromatic rings. The molecular formula is C27H29N3O3. The third-order valence-electron chi connectivity index (χ3n) is 7.55. The van der Waals surface area contributed by atoms with E-state index in [0.29, 0.717) is 41.5 Å². The molecule has 6 rings (SSSR count). The number of rotatable bonds is 7. The van der Waals surface area contributed by atoms with Gasteiger partial charge in [0.05, 0.1) is 23.8 Å². The summed E-state index contributed by atoms with van der Waals surface area (Å²) in [7, 11) is 0. The van der Waals surface area contributed by atoms with Gasteiger partial charge in [0.15, 0.2) is 5.78 Å². The molecule has 0 spiro atoms. The Labute approximate surface area is 194 Å². The minimum Gasteiger partial charge on any atom is -0.390 e. The average Bonchev–Trinajstić information content (AvgIpc) is 2.77. The lowest BCUT2D eigenvalue weighted by atomic mass is 9.51. The Morgan fingerprint density at radius 3 is 2.42 bits per heavy atom. The van der Waals surface area contributed by atoms with Gasteiger partial charge in [-0.25, -0.2) is 0 Å². The van der Waals surface area contributed by atoms with Crippen LogP contribution in [-0.2, 0) is 6.54 Å². The van der Waals surface area contributed by atoms with Crippen LogP contribution in [0.5, 0.6) is 0 Å². The Bertz CT molecular complexity index is 1100. The molecule has 4 aliphatic rings. The van der Waals surface area contributed by atoms with Crippen LogP contribution in [-0.4, -0.2) is 34.5 Å². The molecule has 4 aliphatic carbocycles. The van der Waals surface area contributed by atoms with Crippen LogP contribution < -0.4 is 10.6 Å². The van der Waals surface area contributed by atoms with E-state index in [4.69, 9.17) is 5.26 Å². The van der Waals surface area contributed by atoms with E-state index in [2.05, 4.69) is 10.6 Å². The third kappa shape index (κ3) is 4.57. The first-order chi connectivity index (χ1) is 15.9. The van der Waals surface area contributed by atoms with Crippen molar-refractivity contribution in [2.75, 3.05) is 6.54 Å². The number of amides is 1. The van der Waals surface area contributed by atoms with E-state index in [9.17, 15) is 14.7 Å². The van der Waals surface area contributed by atoms with E-state index in [1.807, 2.05) is 30.3 Å². The third-order valence-corrected chi connectivity index (χ3v) is 7.55. The molecule has 6 nitrogen and oxygen atoms in total. The Balaban J connectivity index is 1.15. The normalized spacial score (nSPS) is 29.5. The van der Waals surface area contributed by atoms with Crippen LogP contribution >= 0.6 is 0 Å². The van der Waals surface area contributed by atoms with Gasteiger partial charge in [0.25, 0.3) is 5.91 Å². The van der Waals surface area contributed by atoms with Crippen LogP contribution in [0.15, 0.2) is 48.5 Å². The number of hydrogen-bond donors (Lipinski definition) is 3. The summed E-state index contributed by atoms with van der Waals surface area (Å²) in [6.45, 7) is 0.677. The van der Waals surface area contributed by atoms with Gasteiger partial charge in [-0.15, -0.1) is 0 Å². The molecule has 0 saturated heterocycles. The predicted octanol–water partition coefficient (Wildman–Crippen LogP) is 3.34. The molecule has 3 N–H and O–H groups in total.